The minimum atomic E-state index is -1.50. The fourth-order valence-corrected chi connectivity index (χ4v) is 6.69. The fourth-order valence-electron chi connectivity index (χ4n) is 6.69. The number of aryl methyl sites for hydroxylation is 1. The lowest BCUT2D eigenvalue weighted by Gasteiger charge is -2.46. The van der Waals surface area contributed by atoms with Crippen LogP contribution in [0, 0.1) is 6.92 Å². The monoisotopic (exact) mass is 540 g/mol. The molecule has 0 aromatic heterocycles. The normalized spacial score (nSPS) is 23.4. The molecule has 1 unspecified atom stereocenters. The van der Waals surface area contributed by atoms with E-state index in [4.69, 9.17) is 14.2 Å². The molecule has 1 heterocycles. The van der Waals surface area contributed by atoms with Gasteiger partial charge in [-0.2, -0.15) is 0 Å². The Labute approximate surface area is 230 Å². The molecule has 3 aliphatic rings. The molecule has 0 bridgehead atoms. The number of Topliss-reactive ketones (excluding diaryl/α,β-unsaturated/α-hetero) is 1. The lowest BCUT2D eigenvalue weighted by molar-refractivity contribution is -0.0132. The molecule has 2 aliphatic carbocycles. The third-order valence-corrected chi connectivity index (χ3v) is 8.25. The highest BCUT2D eigenvalue weighted by molar-refractivity contribution is 6.30. The van der Waals surface area contributed by atoms with Crippen LogP contribution in [0.3, 0.4) is 0 Å². The first-order valence-corrected chi connectivity index (χ1v) is 13.0. The fraction of sp³-hybridized carbons (Fsp3) is 0.281. The first kappa shape index (κ1) is 26.0. The van der Waals surface area contributed by atoms with Gasteiger partial charge < -0.3 is 24.4 Å². The Morgan fingerprint density at radius 3 is 2.33 bits per heavy atom. The van der Waals surface area contributed by atoms with Gasteiger partial charge in [-0.3, -0.25) is 14.4 Å². The summed E-state index contributed by atoms with van der Waals surface area (Å²) in [4.78, 5) is 41.2. The van der Waals surface area contributed by atoms with Crippen LogP contribution in [0.1, 0.15) is 79.2 Å². The predicted molar refractivity (Wildman–Crippen MR) is 145 cm³/mol. The van der Waals surface area contributed by atoms with Crippen molar-refractivity contribution in [2.75, 3.05) is 14.2 Å². The number of hydrogen-bond donors (Lipinski definition) is 2. The summed E-state index contributed by atoms with van der Waals surface area (Å²) in [7, 11) is 2.95. The van der Waals surface area contributed by atoms with Gasteiger partial charge in [0.1, 0.15) is 22.8 Å². The molecular weight excluding hydrogens is 512 g/mol. The average molecular weight is 541 g/mol. The molecule has 0 fully saturated rings. The second-order valence-corrected chi connectivity index (χ2v) is 10.5. The molecule has 0 saturated carbocycles. The Hall–Kier alpha value is -4.27. The van der Waals surface area contributed by atoms with E-state index in [1.165, 1.54) is 26.4 Å². The maximum Gasteiger partial charge on any atom is 0.201 e. The summed E-state index contributed by atoms with van der Waals surface area (Å²) < 4.78 is 17.9. The van der Waals surface area contributed by atoms with Crippen molar-refractivity contribution in [1.29, 1.82) is 0 Å². The van der Waals surface area contributed by atoms with Crippen molar-refractivity contribution in [3.8, 4) is 17.2 Å². The number of carbonyl (C=O) groups is 3. The van der Waals surface area contributed by atoms with Crippen LogP contribution in [0.25, 0.3) is 0 Å². The minimum absolute atomic E-state index is 0.0238. The zero-order valence-electron chi connectivity index (χ0n) is 22.7. The van der Waals surface area contributed by atoms with Crippen LogP contribution in [-0.4, -0.2) is 54.0 Å². The molecule has 6 rings (SSSR count). The van der Waals surface area contributed by atoms with Gasteiger partial charge in [0.05, 0.1) is 36.0 Å². The molecule has 0 spiro atoms. The van der Waals surface area contributed by atoms with E-state index in [1.807, 2.05) is 6.92 Å². The molecule has 0 amide bonds. The van der Waals surface area contributed by atoms with Gasteiger partial charge in [-0.25, -0.2) is 0 Å². The summed E-state index contributed by atoms with van der Waals surface area (Å²) >= 11 is 0. The Bertz CT molecular complexity index is 1700. The maximum atomic E-state index is 13.9. The highest BCUT2D eigenvalue weighted by atomic mass is 16.5. The molecule has 0 radical (unpaired) electrons. The van der Waals surface area contributed by atoms with Gasteiger partial charge in [0.2, 0.25) is 5.78 Å². The van der Waals surface area contributed by atoms with Gasteiger partial charge >= 0.3 is 0 Å². The van der Waals surface area contributed by atoms with Gasteiger partial charge in [0.25, 0.3) is 0 Å². The van der Waals surface area contributed by atoms with E-state index >= 15 is 0 Å². The van der Waals surface area contributed by atoms with Gasteiger partial charge in [-0.15, -0.1) is 0 Å². The van der Waals surface area contributed by atoms with Gasteiger partial charge in [-0.1, -0.05) is 18.2 Å². The van der Waals surface area contributed by atoms with Crippen molar-refractivity contribution in [2.24, 2.45) is 0 Å². The number of ketones is 3. The summed E-state index contributed by atoms with van der Waals surface area (Å²) in [5.74, 6) is -1.86. The number of phenols is 2. The highest BCUT2D eigenvalue weighted by Crippen LogP contribution is 2.55. The number of aromatic hydroxyl groups is 2. The van der Waals surface area contributed by atoms with Crippen LogP contribution in [-0.2, 0) is 15.1 Å². The smallest absolute Gasteiger partial charge is 0.201 e. The minimum Gasteiger partial charge on any atom is -0.507 e. The van der Waals surface area contributed by atoms with Crippen LogP contribution < -0.4 is 4.74 Å². The summed E-state index contributed by atoms with van der Waals surface area (Å²) in [6, 6.07) is 11.2. The molecule has 3 atom stereocenters. The molecule has 8 heteroatoms. The van der Waals surface area contributed by atoms with Gasteiger partial charge in [-0.05, 0) is 62.6 Å². The maximum absolute atomic E-state index is 13.9. The number of phenolic OH excluding ortho intramolecular Hbond substituents is 2. The van der Waals surface area contributed by atoms with E-state index in [-0.39, 0.29) is 51.0 Å². The summed E-state index contributed by atoms with van der Waals surface area (Å²) in [6.07, 6.45) is -0.519. The number of carbonyl (C=O) groups excluding carboxylic acids is 3. The molecular formula is C32H28O8. The topological polar surface area (TPSA) is 119 Å². The third kappa shape index (κ3) is 3.23. The Balaban J connectivity index is 1.70. The predicted octanol–water partition coefficient (Wildman–Crippen LogP) is 4.77. The number of rotatable bonds is 3. The largest absolute Gasteiger partial charge is 0.507 e. The second-order valence-electron chi connectivity index (χ2n) is 10.5. The number of benzene rings is 3. The first-order chi connectivity index (χ1) is 19.1. The van der Waals surface area contributed by atoms with Crippen LogP contribution >= 0.6 is 0 Å². The quantitative estimate of drug-likeness (QED) is 0.381. The third-order valence-electron chi connectivity index (χ3n) is 8.25. The van der Waals surface area contributed by atoms with Crippen molar-refractivity contribution in [2.45, 2.75) is 45.0 Å². The molecule has 204 valence electrons. The molecule has 0 saturated heterocycles. The molecule has 8 nitrogen and oxygen atoms in total. The lowest BCUT2D eigenvalue weighted by atomic mass is 9.66. The van der Waals surface area contributed by atoms with Crippen molar-refractivity contribution >= 4 is 17.3 Å². The summed E-state index contributed by atoms with van der Waals surface area (Å²) in [5, 5.41) is 22.5. The van der Waals surface area contributed by atoms with Crippen LogP contribution in [0.2, 0.25) is 0 Å². The van der Waals surface area contributed by atoms with E-state index in [2.05, 4.69) is 0 Å². The molecule has 2 N–H and O–H groups in total. The van der Waals surface area contributed by atoms with Crippen LogP contribution in [0.5, 0.6) is 17.2 Å². The van der Waals surface area contributed by atoms with Crippen molar-refractivity contribution in [3.05, 3.63) is 98.1 Å². The van der Waals surface area contributed by atoms with E-state index in [1.54, 1.807) is 44.2 Å². The Morgan fingerprint density at radius 2 is 1.62 bits per heavy atom. The molecule has 3 aromatic rings. The van der Waals surface area contributed by atoms with E-state index in [0.717, 1.165) is 0 Å². The van der Waals surface area contributed by atoms with Crippen LogP contribution in [0.15, 0.2) is 53.6 Å². The SMILES string of the molecule is COc1cccc2c1C(=O)C1=C(C[C@H](C)O[C@@H]1C)C2(OC)c1ccc2c(c1O)C(=O)c1c(O)cc(C)cc1C2=O. The second kappa shape index (κ2) is 8.87. The van der Waals surface area contributed by atoms with Crippen molar-refractivity contribution in [1.82, 2.24) is 0 Å². The Morgan fingerprint density at radius 1 is 0.875 bits per heavy atom. The number of fused-ring (bicyclic) bond motifs is 3. The number of methoxy groups -OCH3 is 2. The molecule has 40 heavy (non-hydrogen) atoms. The van der Waals surface area contributed by atoms with E-state index < -0.39 is 29.0 Å². The molecule has 3 aromatic carbocycles. The van der Waals surface area contributed by atoms with Gasteiger partial charge in [0.15, 0.2) is 11.6 Å². The average Bonchev–Trinajstić information content (AvgIpc) is 2.91. The Kier molecular flexibility index (Phi) is 5.76. The summed E-state index contributed by atoms with van der Waals surface area (Å²) in [6.45, 7) is 5.40. The van der Waals surface area contributed by atoms with Crippen LogP contribution in [0.4, 0.5) is 0 Å². The zero-order chi connectivity index (χ0) is 28.7. The summed E-state index contributed by atoms with van der Waals surface area (Å²) in [5.41, 5.74) is 0.771. The van der Waals surface area contributed by atoms with E-state index in [9.17, 15) is 24.6 Å². The number of hydrogen-bond acceptors (Lipinski definition) is 8. The highest BCUT2D eigenvalue weighted by Gasteiger charge is 2.53. The standard InChI is InChI=1S/C32H28O8/c1-14-11-18-25(22(33)12-14)31(37)26-17(28(18)34)9-10-20(29(26)35)32(39-5)19-7-6-8-23(38-4)27(19)30(36)24-16(3)40-15(2)13-21(24)32/h6-12,15-16,33,35H,13H2,1-5H3/t15-,16+,32?/m0/s1. The molecule has 1 aliphatic heterocycles. The van der Waals surface area contributed by atoms with Crippen molar-refractivity contribution < 1.29 is 38.8 Å². The lowest BCUT2D eigenvalue weighted by Crippen LogP contribution is -2.45. The van der Waals surface area contributed by atoms with Crippen molar-refractivity contribution in [3.63, 3.8) is 0 Å². The zero-order valence-corrected chi connectivity index (χ0v) is 22.7. The van der Waals surface area contributed by atoms with Gasteiger partial charge in [0, 0.05) is 34.9 Å². The van der Waals surface area contributed by atoms with E-state index in [0.29, 0.717) is 34.4 Å². The first-order valence-electron chi connectivity index (χ1n) is 13.0. The number of ether oxygens (including phenoxy) is 3.